The number of nitrogens with zero attached hydrogens (tertiary/aromatic N) is 2. The molecule has 3 nitrogen and oxygen atoms in total. The fraction of sp³-hybridized carbons (Fsp3) is 0.300. The highest BCUT2D eigenvalue weighted by Gasteiger charge is 2.13. The van der Waals surface area contributed by atoms with Crippen molar-refractivity contribution in [3.05, 3.63) is 34.9 Å². The first-order valence-corrected chi connectivity index (χ1v) is 4.93. The first kappa shape index (κ1) is 12.3. The third-order valence-electron chi connectivity index (χ3n) is 2.25. The molecule has 0 atom stereocenters. The van der Waals surface area contributed by atoms with Gasteiger partial charge in [-0.05, 0) is 17.7 Å². The highest BCUT2D eigenvalue weighted by Crippen LogP contribution is 2.12. The smallest absolute Gasteiger partial charge is 0.191 e. The van der Waals surface area contributed by atoms with Gasteiger partial charge < -0.3 is 10.6 Å². The summed E-state index contributed by atoms with van der Waals surface area (Å²) in [5.41, 5.74) is 6.91. The Hall–Kier alpha value is -0.740. The van der Waals surface area contributed by atoms with Crippen LogP contribution in [0.3, 0.4) is 0 Å². The highest BCUT2D eigenvalue weighted by molar-refractivity contribution is 8.93. The predicted molar refractivity (Wildman–Crippen MR) is 68.7 cm³/mol. The summed E-state index contributed by atoms with van der Waals surface area (Å²) in [4.78, 5) is 6.18. The lowest BCUT2D eigenvalue weighted by Crippen LogP contribution is -2.33. The number of hydrogen-bond acceptors (Lipinski definition) is 3. The minimum atomic E-state index is 0. The summed E-state index contributed by atoms with van der Waals surface area (Å²) >= 11 is 5.79. The van der Waals surface area contributed by atoms with E-state index in [0.29, 0.717) is 5.96 Å². The predicted octanol–water partition coefficient (Wildman–Crippen LogP) is 2.05. The van der Waals surface area contributed by atoms with Gasteiger partial charge in [-0.1, -0.05) is 23.7 Å². The lowest BCUT2D eigenvalue weighted by molar-refractivity contribution is 0.448. The summed E-state index contributed by atoms with van der Waals surface area (Å²) in [7, 11) is 0. The van der Waals surface area contributed by atoms with Crippen molar-refractivity contribution in [3.8, 4) is 0 Å². The van der Waals surface area contributed by atoms with Gasteiger partial charge in [0.2, 0.25) is 0 Å². The van der Waals surface area contributed by atoms with Gasteiger partial charge in [-0.25, -0.2) is 0 Å². The number of aliphatic imine (C=N–C) groups is 1. The summed E-state index contributed by atoms with van der Waals surface area (Å²) in [5.74, 6) is 0.639. The zero-order valence-corrected chi connectivity index (χ0v) is 10.7. The molecule has 82 valence electrons. The molecule has 2 rings (SSSR count). The molecule has 0 saturated carbocycles. The average Bonchev–Trinajstić information content (AvgIpc) is 2.56. The van der Waals surface area contributed by atoms with Crippen LogP contribution in [0, 0.1) is 0 Å². The number of halogens is 2. The topological polar surface area (TPSA) is 41.6 Å². The molecule has 1 aromatic carbocycles. The van der Waals surface area contributed by atoms with Gasteiger partial charge in [0.1, 0.15) is 0 Å². The molecule has 0 unspecified atom stereocenters. The van der Waals surface area contributed by atoms with Crippen molar-refractivity contribution in [1.82, 2.24) is 4.90 Å². The van der Waals surface area contributed by atoms with Crippen LogP contribution >= 0.6 is 28.6 Å². The first-order valence-electron chi connectivity index (χ1n) is 4.55. The maximum atomic E-state index is 5.79. The molecule has 0 aromatic heterocycles. The number of rotatable bonds is 2. The zero-order chi connectivity index (χ0) is 9.97. The third-order valence-corrected chi connectivity index (χ3v) is 2.51. The molecule has 2 N–H and O–H groups in total. The van der Waals surface area contributed by atoms with Gasteiger partial charge in [-0.2, -0.15) is 0 Å². The van der Waals surface area contributed by atoms with Gasteiger partial charge in [-0.3, -0.25) is 4.99 Å². The summed E-state index contributed by atoms with van der Waals surface area (Å²) in [6.07, 6.45) is 0. The Kier molecular flexibility index (Phi) is 4.42. The maximum absolute atomic E-state index is 5.79. The maximum Gasteiger partial charge on any atom is 0.191 e. The zero-order valence-electron chi connectivity index (χ0n) is 8.19. The molecule has 0 saturated heterocycles. The molecule has 0 radical (unpaired) electrons. The third kappa shape index (κ3) is 3.11. The van der Waals surface area contributed by atoms with E-state index in [1.165, 1.54) is 5.56 Å². The molecule has 0 spiro atoms. The second-order valence-electron chi connectivity index (χ2n) is 3.29. The van der Waals surface area contributed by atoms with Crippen molar-refractivity contribution >= 4 is 34.5 Å². The van der Waals surface area contributed by atoms with Crippen LogP contribution in [-0.2, 0) is 6.54 Å². The lowest BCUT2D eigenvalue weighted by atomic mass is 10.2. The minimum Gasteiger partial charge on any atom is -0.370 e. The van der Waals surface area contributed by atoms with E-state index in [2.05, 4.69) is 9.89 Å². The van der Waals surface area contributed by atoms with Crippen molar-refractivity contribution in [1.29, 1.82) is 0 Å². The molecule has 1 aliphatic heterocycles. The van der Waals surface area contributed by atoms with E-state index < -0.39 is 0 Å². The van der Waals surface area contributed by atoms with Gasteiger partial charge in [0.05, 0.1) is 6.54 Å². The fourth-order valence-corrected chi connectivity index (χ4v) is 1.60. The van der Waals surface area contributed by atoms with Gasteiger partial charge in [-0.15, -0.1) is 17.0 Å². The van der Waals surface area contributed by atoms with E-state index in [-0.39, 0.29) is 17.0 Å². The largest absolute Gasteiger partial charge is 0.370 e. The Morgan fingerprint density at radius 1 is 1.33 bits per heavy atom. The Balaban J connectivity index is 0.00000112. The van der Waals surface area contributed by atoms with Crippen molar-refractivity contribution < 1.29 is 0 Å². The number of guanidine groups is 1. The summed E-state index contributed by atoms with van der Waals surface area (Å²) in [6, 6.07) is 7.79. The van der Waals surface area contributed by atoms with Crippen LogP contribution in [0.5, 0.6) is 0 Å². The SMILES string of the molecule is Br.NC1=NCCN1Cc1ccc(Cl)cc1. The highest BCUT2D eigenvalue weighted by atomic mass is 79.9. The molecular weight excluding hydrogens is 277 g/mol. The van der Waals surface area contributed by atoms with Crippen molar-refractivity contribution in [3.63, 3.8) is 0 Å². The van der Waals surface area contributed by atoms with E-state index in [0.717, 1.165) is 24.7 Å². The van der Waals surface area contributed by atoms with Crippen molar-refractivity contribution in [2.75, 3.05) is 13.1 Å². The van der Waals surface area contributed by atoms with Crippen LogP contribution in [0.15, 0.2) is 29.3 Å². The van der Waals surface area contributed by atoms with Gasteiger partial charge in [0, 0.05) is 18.1 Å². The quantitative estimate of drug-likeness (QED) is 0.906. The number of benzene rings is 1. The molecule has 1 aliphatic rings. The molecule has 1 heterocycles. The van der Waals surface area contributed by atoms with Crippen molar-refractivity contribution in [2.45, 2.75) is 6.54 Å². The summed E-state index contributed by atoms with van der Waals surface area (Å²) in [6.45, 7) is 2.53. The Morgan fingerprint density at radius 3 is 2.53 bits per heavy atom. The standard InChI is InChI=1S/C10H12ClN3.BrH/c11-9-3-1-8(2-4-9)7-14-6-5-13-10(14)12;/h1-4H,5-7H2,(H2,12,13);1H. The second-order valence-corrected chi connectivity index (χ2v) is 3.72. The molecule has 5 heteroatoms. The van der Waals surface area contributed by atoms with E-state index in [1.807, 2.05) is 24.3 Å². The molecule has 15 heavy (non-hydrogen) atoms. The Labute approximate surface area is 105 Å². The van der Waals surface area contributed by atoms with Crippen LogP contribution in [0.2, 0.25) is 5.02 Å². The van der Waals surface area contributed by atoms with Crippen LogP contribution in [-0.4, -0.2) is 23.9 Å². The summed E-state index contributed by atoms with van der Waals surface area (Å²) < 4.78 is 0. The van der Waals surface area contributed by atoms with Crippen LogP contribution in [0.25, 0.3) is 0 Å². The van der Waals surface area contributed by atoms with Crippen LogP contribution in [0.1, 0.15) is 5.56 Å². The average molecular weight is 291 g/mol. The van der Waals surface area contributed by atoms with Gasteiger partial charge >= 0.3 is 0 Å². The summed E-state index contributed by atoms with van der Waals surface area (Å²) in [5, 5.41) is 0.761. The molecule has 1 aromatic rings. The monoisotopic (exact) mass is 289 g/mol. The van der Waals surface area contributed by atoms with Crippen molar-refractivity contribution in [2.24, 2.45) is 10.7 Å². The van der Waals surface area contributed by atoms with E-state index in [9.17, 15) is 0 Å². The normalized spacial score (nSPS) is 14.7. The molecular formula is C10H13BrClN3. The van der Waals surface area contributed by atoms with E-state index in [4.69, 9.17) is 17.3 Å². The fourth-order valence-electron chi connectivity index (χ4n) is 1.47. The Bertz CT molecular complexity index is 350. The number of nitrogens with two attached hydrogens (primary N) is 1. The molecule has 0 amide bonds. The molecule has 0 fully saturated rings. The van der Waals surface area contributed by atoms with E-state index >= 15 is 0 Å². The lowest BCUT2D eigenvalue weighted by Gasteiger charge is -2.17. The van der Waals surface area contributed by atoms with E-state index in [1.54, 1.807) is 0 Å². The van der Waals surface area contributed by atoms with Crippen LogP contribution in [0.4, 0.5) is 0 Å². The second kappa shape index (κ2) is 5.37. The van der Waals surface area contributed by atoms with Gasteiger partial charge in [0.25, 0.3) is 0 Å². The van der Waals surface area contributed by atoms with Gasteiger partial charge in [0.15, 0.2) is 5.96 Å². The Morgan fingerprint density at radius 2 is 2.00 bits per heavy atom. The minimum absolute atomic E-state index is 0. The molecule has 0 bridgehead atoms. The number of hydrogen-bond donors (Lipinski definition) is 1. The van der Waals surface area contributed by atoms with Crippen LogP contribution < -0.4 is 5.73 Å². The molecule has 0 aliphatic carbocycles. The first-order chi connectivity index (χ1) is 6.75.